The molecule has 0 saturated heterocycles. The molecule has 0 aliphatic rings. The second kappa shape index (κ2) is 5.98. The number of hydrogen-bond donors (Lipinski definition) is 1. The van der Waals surface area contributed by atoms with Gasteiger partial charge in [-0.25, -0.2) is 4.39 Å². The number of carbonyl (C=O) groups excluding carboxylic acids is 1. The fraction of sp³-hybridized carbons (Fsp3) is 0.125. The van der Waals surface area contributed by atoms with E-state index in [1.807, 2.05) is 0 Å². The van der Waals surface area contributed by atoms with Gasteiger partial charge in [0.15, 0.2) is 0 Å². The quantitative estimate of drug-likeness (QED) is 0.926. The highest BCUT2D eigenvalue weighted by Crippen LogP contribution is 2.13. The van der Waals surface area contributed by atoms with E-state index in [0.29, 0.717) is 17.7 Å². The standard InChI is InChI=1S/C16H13FN2O/c1-11-8-13(10-14(17)9-11)16(20)19-15-4-2-12(3-5-15)6-7-18/h2-5,8-10H,6H2,1H3,(H,19,20). The summed E-state index contributed by atoms with van der Waals surface area (Å²) in [6, 6.07) is 13.2. The maximum Gasteiger partial charge on any atom is 0.255 e. The van der Waals surface area contributed by atoms with Gasteiger partial charge in [0, 0.05) is 11.3 Å². The predicted molar refractivity (Wildman–Crippen MR) is 74.8 cm³/mol. The van der Waals surface area contributed by atoms with Crippen molar-refractivity contribution in [3.8, 4) is 6.07 Å². The summed E-state index contributed by atoms with van der Waals surface area (Å²) in [5, 5.41) is 11.3. The lowest BCUT2D eigenvalue weighted by molar-refractivity contribution is 0.102. The number of rotatable bonds is 3. The molecule has 0 heterocycles. The van der Waals surface area contributed by atoms with Crippen LogP contribution in [-0.4, -0.2) is 5.91 Å². The SMILES string of the molecule is Cc1cc(F)cc(C(=O)Nc2ccc(CC#N)cc2)c1. The largest absolute Gasteiger partial charge is 0.322 e. The Morgan fingerprint density at radius 1 is 1.25 bits per heavy atom. The number of halogens is 1. The van der Waals surface area contributed by atoms with Crippen LogP contribution in [0.15, 0.2) is 42.5 Å². The molecule has 1 amide bonds. The van der Waals surface area contributed by atoms with Crippen molar-refractivity contribution in [2.75, 3.05) is 5.32 Å². The normalized spacial score (nSPS) is 9.85. The van der Waals surface area contributed by atoms with Crippen molar-refractivity contribution < 1.29 is 9.18 Å². The van der Waals surface area contributed by atoms with E-state index in [1.54, 1.807) is 37.3 Å². The third-order valence-corrected chi connectivity index (χ3v) is 2.80. The lowest BCUT2D eigenvalue weighted by atomic mass is 10.1. The van der Waals surface area contributed by atoms with Crippen LogP contribution in [0.2, 0.25) is 0 Å². The number of nitrogens with zero attached hydrogens (tertiary/aromatic N) is 1. The van der Waals surface area contributed by atoms with Gasteiger partial charge >= 0.3 is 0 Å². The van der Waals surface area contributed by atoms with E-state index in [9.17, 15) is 9.18 Å². The second-order valence-corrected chi connectivity index (χ2v) is 4.50. The van der Waals surface area contributed by atoms with E-state index in [4.69, 9.17) is 5.26 Å². The molecular formula is C16H13FN2O. The third kappa shape index (κ3) is 3.42. The van der Waals surface area contributed by atoms with Crippen molar-refractivity contribution in [2.24, 2.45) is 0 Å². The van der Waals surface area contributed by atoms with Gasteiger partial charge in [0.25, 0.3) is 5.91 Å². The predicted octanol–water partition coefficient (Wildman–Crippen LogP) is 3.45. The fourth-order valence-corrected chi connectivity index (χ4v) is 1.87. The topological polar surface area (TPSA) is 52.9 Å². The van der Waals surface area contributed by atoms with Crippen LogP contribution in [0.25, 0.3) is 0 Å². The zero-order valence-corrected chi connectivity index (χ0v) is 11.0. The van der Waals surface area contributed by atoms with Gasteiger partial charge in [-0.1, -0.05) is 12.1 Å². The summed E-state index contributed by atoms with van der Waals surface area (Å²) in [7, 11) is 0. The lowest BCUT2D eigenvalue weighted by Gasteiger charge is -2.07. The summed E-state index contributed by atoms with van der Waals surface area (Å²) in [5.74, 6) is -0.792. The number of benzene rings is 2. The highest BCUT2D eigenvalue weighted by atomic mass is 19.1. The average Bonchev–Trinajstić information content (AvgIpc) is 2.40. The molecule has 2 aromatic carbocycles. The van der Waals surface area contributed by atoms with Crippen LogP contribution in [0, 0.1) is 24.1 Å². The second-order valence-electron chi connectivity index (χ2n) is 4.50. The Morgan fingerprint density at radius 2 is 1.95 bits per heavy atom. The number of amides is 1. The first-order chi connectivity index (χ1) is 9.58. The van der Waals surface area contributed by atoms with Gasteiger partial charge in [0.05, 0.1) is 12.5 Å². The minimum atomic E-state index is -0.431. The van der Waals surface area contributed by atoms with Gasteiger partial charge in [-0.2, -0.15) is 5.26 Å². The van der Waals surface area contributed by atoms with Crippen molar-refractivity contribution in [3.05, 3.63) is 65.0 Å². The molecule has 4 heteroatoms. The van der Waals surface area contributed by atoms with E-state index in [-0.39, 0.29) is 11.5 Å². The van der Waals surface area contributed by atoms with Crippen LogP contribution in [0.4, 0.5) is 10.1 Å². The maximum atomic E-state index is 13.3. The molecule has 20 heavy (non-hydrogen) atoms. The molecule has 0 saturated carbocycles. The van der Waals surface area contributed by atoms with Crippen LogP contribution in [-0.2, 0) is 6.42 Å². The van der Waals surface area contributed by atoms with Gasteiger partial charge in [-0.3, -0.25) is 4.79 Å². The van der Waals surface area contributed by atoms with Crippen molar-refractivity contribution in [1.82, 2.24) is 0 Å². The highest BCUT2D eigenvalue weighted by Gasteiger charge is 2.08. The minimum absolute atomic E-state index is 0.281. The smallest absolute Gasteiger partial charge is 0.255 e. The molecule has 1 N–H and O–H groups in total. The van der Waals surface area contributed by atoms with E-state index in [0.717, 1.165) is 5.56 Å². The third-order valence-electron chi connectivity index (χ3n) is 2.80. The van der Waals surface area contributed by atoms with Crippen molar-refractivity contribution in [1.29, 1.82) is 5.26 Å². The van der Waals surface area contributed by atoms with Crippen LogP contribution >= 0.6 is 0 Å². The molecule has 0 fully saturated rings. The first kappa shape index (κ1) is 13.8. The van der Waals surface area contributed by atoms with Gasteiger partial charge in [-0.15, -0.1) is 0 Å². The Hall–Kier alpha value is -2.67. The molecular weight excluding hydrogens is 255 g/mol. The van der Waals surface area contributed by atoms with Crippen LogP contribution < -0.4 is 5.32 Å². The molecule has 0 unspecified atom stereocenters. The summed E-state index contributed by atoms with van der Waals surface area (Å²) in [6.45, 7) is 1.73. The summed E-state index contributed by atoms with van der Waals surface area (Å²) in [4.78, 5) is 12.0. The number of carbonyl (C=O) groups is 1. The van der Waals surface area contributed by atoms with Crippen LogP contribution in [0.1, 0.15) is 21.5 Å². The van der Waals surface area contributed by atoms with Gasteiger partial charge in [0.1, 0.15) is 5.82 Å². The summed E-state index contributed by atoms with van der Waals surface area (Å²) in [5.41, 5.74) is 2.47. The summed E-state index contributed by atoms with van der Waals surface area (Å²) in [6.07, 6.45) is 0.331. The Labute approximate surface area is 116 Å². The molecule has 0 spiro atoms. The highest BCUT2D eigenvalue weighted by molar-refractivity contribution is 6.04. The number of nitriles is 1. The monoisotopic (exact) mass is 268 g/mol. The molecule has 3 nitrogen and oxygen atoms in total. The average molecular weight is 268 g/mol. The molecule has 100 valence electrons. The Kier molecular flexibility index (Phi) is 4.11. The zero-order chi connectivity index (χ0) is 14.5. The van der Waals surface area contributed by atoms with Crippen LogP contribution in [0.5, 0.6) is 0 Å². The lowest BCUT2D eigenvalue weighted by Crippen LogP contribution is -2.12. The van der Waals surface area contributed by atoms with Crippen molar-refractivity contribution >= 4 is 11.6 Å². The van der Waals surface area contributed by atoms with Crippen molar-refractivity contribution in [2.45, 2.75) is 13.3 Å². The van der Waals surface area contributed by atoms with E-state index in [1.165, 1.54) is 12.1 Å². The summed E-state index contributed by atoms with van der Waals surface area (Å²) >= 11 is 0. The Morgan fingerprint density at radius 3 is 2.55 bits per heavy atom. The summed E-state index contributed by atoms with van der Waals surface area (Å²) < 4.78 is 13.3. The minimum Gasteiger partial charge on any atom is -0.322 e. The molecule has 2 aromatic rings. The number of nitrogens with one attached hydrogen (secondary N) is 1. The molecule has 0 atom stereocenters. The van der Waals surface area contributed by atoms with Crippen LogP contribution in [0.3, 0.4) is 0 Å². The zero-order valence-electron chi connectivity index (χ0n) is 11.0. The first-order valence-corrected chi connectivity index (χ1v) is 6.13. The molecule has 0 aromatic heterocycles. The Balaban J connectivity index is 2.13. The molecule has 0 radical (unpaired) electrons. The fourth-order valence-electron chi connectivity index (χ4n) is 1.87. The van der Waals surface area contributed by atoms with E-state index < -0.39 is 5.82 Å². The first-order valence-electron chi connectivity index (χ1n) is 6.13. The van der Waals surface area contributed by atoms with E-state index in [2.05, 4.69) is 11.4 Å². The Bertz CT molecular complexity index is 652. The van der Waals surface area contributed by atoms with Crippen molar-refractivity contribution in [3.63, 3.8) is 0 Å². The number of aryl methyl sites for hydroxylation is 1. The van der Waals surface area contributed by atoms with Gasteiger partial charge < -0.3 is 5.32 Å². The molecule has 0 aliphatic carbocycles. The molecule has 2 rings (SSSR count). The van der Waals surface area contributed by atoms with Gasteiger partial charge in [0.2, 0.25) is 0 Å². The van der Waals surface area contributed by atoms with Gasteiger partial charge in [-0.05, 0) is 48.4 Å². The molecule has 0 aliphatic heterocycles. The number of hydrogen-bond acceptors (Lipinski definition) is 2. The van der Waals surface area contributed by atoms with E-state index >= 15 is 0 Å². The number of anilines is 1. The maximum absolute atomic E-state index is 13.3. The molecule has 0 bridgehead atoms.